The van der Waals surface area contributed by atoms with Gasteiger partial charge in [0.15, 0.2) is 0 Å². The summed E-state index contributed by atoms with van der Waals surface area (Å²) in [4.78, 5) is 0. The molecule has 1 N–H and O–H groups in total. The molecule has 0 rings (SSSR count). The van der Waals surface area contributed by atoms with E-state index in [1.807, 2.05) is 0 Å². The molecule has 0 saturated carbocycles. The zero-order valence-corrected chi connectivity index (χ0v) is 20.9. The third-order valence-electron chi connectivity index (χ3n) is 6.38. The summed E-state index contributed by atoms with van der Waals surface area (Å²) in [6.07, 6.45) is 35.0. The third-order valence-corrected chi connectivity index (χ3v) is 6.38. The van der Waals surface area contributed by atoms with E-state index in [-0.39, 0.29) is 0 Å². The van der Waals surface area contributed by atoms with E-state index < -0.39 is 0 Å². The molecule has 0 fully saturated rings. The summed E-state index contributed by atoms with van der Waals surface area (Å²) in [7, 11) is 0. The van der Waals surface area contributed by atoms with Gasteiger partial charge in [-0.3, -0.25) is 0 Å². The monoisotopic (exact) mass is 409 g/mol. The van der Waals surface area contributed by atoms with Crippen molar-refractivity contribution >= 4 is 0 Å². The first kappa shape index (κ1) is 29.0. The van der Waals surface area contributed by atoms with Crippen molar-refractivity contribution in [2.75, 3.05) is 13.1 Å². The van der Waals surface area contributed by atoms with E-state index in [2.05, 4.69) is 19.2 Å². The Morgan fingerprint density at radius 3 is 0.828 bits per heavy atom. The lowest BCUT2D eigenvalue weighted by Crippen LogP contribution is -2.15. The minimum Gasteiger partial charge on any atom is -0.317 e. The predicted molar refractivity (Wildman–Crippen MR) is 135 cm³/mol. The van der Waals surface area contributed by atoms with E-state index in [4.69, 9.17) is 0 Å². The Kier molecular flexibility index (Phi) is 27.9. The largest absolute Gasteiger partial charge is 0.317 e. The van der Waals surface area contributed by atoms with Gasteiger partial charge in [-0.05, 0) is 25.9 Å². The van der Waals surface area contributed by atoms with Crippen molar-refractivity contribution in [1.82, 2.24) is 5.32 Å². The second-order valence-corrected chi connectivity index (χ2v) is 9.53. The molecule has 0 aromatic carbocycles. The number of nitrogens with one attached hydrogen (secondary N) is 1. The fraction of sp³-hybridized carbons (Fsp3) is 1.00. The first-order valence-corrected chi connectivity index (χ1v) is 14.1. The van der Waals surface area contributed by atoms with Crippen molar-refractivity contribution in [3.63, 3.8) is 0 Å². The van der Waals surface area contributed by atoms with Crippen LogP contribution in [0.25, 0.3) is 0 Å². The second-order valence-electron chi connectivity index (χ2n) is 9.53. The zero-order valence-electron chi connectivity index (χ0n) is 20.9. The summed E-state index contributed by atoms with van der Waals surface area (Å²) in [5.41, 5.74) is 0. The summed E-state index contributed by atoms with van der Waals surface area (Å²) in [6.45, 7) is 6.97. The molecule has 29 heavy (non-hydrogen) atoms. The van der Waals surface area contributed by atoms with E-state index in [1.165, 1.54) is 167 Å². The molecule has 0 aromatic rings. The van der Waals surface area contributed by atoms with Gasteiger partial charge in [0.25, 0.3) is 0 Å². The van der Waals surface area contributed by atoms with Gasteiger partial charge in [0.05, 0.1) is 0 Å². The van der Waals surface area contributed by atoms with E-state index in [9.17, 15) is 0 Å². The highest BCUT2D eigenvalue weighted by molar-refractivity contribution is 4.52. The van der Waals surface area contributed by atoms with Crippen molar-refractivity contribution in [2.45, 2.75) is 168 Å². The Hall–Kier alpha value is -0.0400. The Morgan fingerprint density at radius 1 is 0.276 bits per heavy atom. The zero-order chi connectivity index (χ0) is 21.1. The summed E-state index contributed by atoms with van der Waals surface area (Å²) in [5, 5.41) is 3.50. The molecule has 0 aliphatic carbocycles. The van der Waals surface area contributed by atoms with Gasteiger partial charge in [-0.15, -0.1) is 0 Å². The highest BCUT2D eigenvalue weighted by atomic mass is 14.8. The normalized spacial score (nSPS) is 11.4. The van der Waals surface area contributed by atoms with Gasteiger partial charge in [-0.2, -0.15) is 0 Å². The summed E-state index contributed by atoms with van der Waals surface area (Å²) in [6, 6.07) is 0. The molecule has 0 amide bonds. The van der Waals surface area contributed by atoms with Crippen LogP contribution in [0.5, 0.6) is 0 Å². The summed E-state index contributed by atoms with van der Waals surface area (Å²) < 4.78 is 0. The highest BCUT2D eigenvalue weighted by Crippen LogP contribution is 2.15. The maximum Gasteiger partial charge on any atom is -0.00489 e. The number of hydrogen-bond donors (Lipinski definition) is 1. The van der Waals surface area contributed by atoms with Crippen molar-refractivity contribution in [2.24, 2.45) is 0 Å². The van der Waals surface area contributed by atoms with Crippen LogP contribution in [0.3, 0.4) is 0 Å². The molecular weight excluding hydrogens is 350 g/mol. The van der Waals surface area contributed by atoms with Gasteiger partial charge in [0.2, 0.25) is 0 Å². The maximum atomic E-state index is 3.50. The SMILES string of the molecule is CCCCCCCCCCCCCCCCCCCCCCCCCNCCC. The van der Waals surface area contributed by atoms with Crippen LogP contribution >= 0.6 is 0 Å². The van der Waals surface area contributed by atoms with Crippen LogP contribution in [-0.4, -0.2) is 13.1 Å². The van der Waals surface area contributed by atoms with Gasteiger partial charge in [-0.1, -0.05) is 155 Å². The lowest BCUT2D eigenvalue weighted by Gasteiger charge is -2.04. The molecule has 0 bridgehead atoms. The van der Waals surface area contributed by atoms with Crippen molar-refractivity contribution < 1.29 is 0 Å². The lowest BCUT2D eigenvalue weighted by molar-refractivity contribution is 0.516. The molecule has 0 aromatic heterocycles. The van der Waals surface area contributed by atoms with Crippen LogP contribution in [0.15, 0.2) is 0 Å². The van der Waals surface area contributed by atoms with Gasteiger partial charge in [0, 0.05) is 0 Å². The molecule has 176 valence electrons. The van der Waals surface area contributed by atoms with Crippen LogP contribution in [0.1, 0.15) is 168 Å². The minimum absolute atomic E-state index is 1.19. The van der Waals surface area contributed by atoms with Crippen molar-refractivity contribution in [3.8, 4) is 0 Å². The Bertz CT molecular complexity index is 237. The molecule has 0 aliphatic heterocycles. The highest BCUT2D eigenvalue weighted by Gasteiger charge is 1.96. The van der Waals surface area contributed by atoms with Crippen LogP contribution in [0.2, 0.25) is 0 Å². The quantitative estimate of drug-likeness (QED) is 0.140. The molecule has 0 spiro atoms. The molecule has 0 aliphatic rings. The summed E-state index contributed by atoms with van der Waals surface area (Å²) >= 11 is 0. The van der Waals surface area contributed by atoms with Gasteiger partial charge in [-0.25, -0.2) is 0 Å². The smallest absolute Gasteiger partial charge is 0.00489 e. The first-order valence-electron chi connectivity index (χ1n) is 14.1. The fourth-order valence-corrected chi connectivity index (χ4v) is 4.34. The Balaban J connectivity index is 2.97. The standard InChI is InChI=1S/C28H59N/c1-3-5-6-7-8-9-10-11-12-13-14-15-16-17-18-19-20-21-22-23-24-25-26-28-29-27-4-2/h29H,3-28H2,1-2H3. The van der Waals surface area contributed by atoms with Gasteiger partial charge >= 0.3 is 0 Å². The predicted octanol–water partition coefficient (Wildman–Crippen LogP) is 9.98. The molecule has 1 heteroatoms. The Morgan fingerprint density at radius 2 is 0.552 bits per heavy atom. The maximum absolute atomic E-state index is 3.50. The van der Waals surface area contributed by atoms with Crippen LogP contribution in [0.4, 0.5) is 0 Å². The van der Waals surface area contributed by atoms with E-state index in [1.54, 1.807) is 0 Å². The topological polar surface area (TPSA) is 12.0 Å². The van der Waals surface area contributed by atoms with Crippen molar-refractivity contribution in [3.05, 3.63) is 0 Å². The van der Waals surface area contributed by atoms with E-state index in [0.717, 1.165) is 0 Å². The van der Waals surface area contributed by atoms with Crippen LogP contribution in [-0.2, 0) is 0 Å². The first-order chi connectivity index (χ1) is 14.4. The molecule has 0 unspecified atom stereocenters. The molecule has 0 atom stereocenters. The van der Waals surface area contributed by atoms with Gasteiger partial charge in [0.1, 0.15) is 0 Å². The van der Waals surface area contributed by atoms with Gasteiger partial charge < -0.3 is 5.32 Å². The average Bonchev–Trinajstić information content (AvgIpc) is 2.74. The molecule has 1 nitrogen and oxygen atoms in total. The molecule has 0 radical (unpaired) electrons. The fourth-order valence-electron chi connectivity index (χ4n) is 4.34. The van der Waals surface area contributed by atoms with E-state index in [0.29, 0.717) is 0 Å². The average molecular weight is 410 g/mol. The number of rotatable bonds is 26. The molecule has 0 saturated heterocycles. The van der Waals surface area contributed by atoms with Crippen LogP contribution in [0, 0.1) is 0 Å². The number of hydrogen-bond acceptors (Lipinski definition) is 1. The molecular formula is C28H59N. The third kappa shape index (κ3) is 28.0. The Labute approximate surface area is 186 Å². The van der Waals surface area contributed by atoms with E-state index >= 15 is 0 Å². The number of unbranched alkanes of at least 4 members (excludes halogenated alkanes) is 22. The molecule has 0 heterocycles. The lowest BCUT2D eigenvalue weighted by atomic mass is 10.0. The summed E-state index contributed by atoms with van der Waals surface area (Å²) in [5.74, 6) is 0. The van der Waals surface area contributed by atoms with Crippen LogP contribution < -0.4 is 5.32 Å². The van der Waals surface area contributed by atoms with Crippen molar-refractivity contribution in [1.29, 1.82) is 0 Å². The second kappa shape index (κ2) is 28.0. The minimum atomic E-state index is 1.19.